The lowest BCUT2D eigenvalue weighted by molar-refractivity contribution is -0.149. The van der Waals surface area contributed by atoms with Crippen LogP contribution in [0, 0.1) is 0 Å². The Morgan fingerprint density at radius 2 is 2.17 bits per heavy atom. The maximum absolute atomic E-state index is 10.5. The van der Waals surface area contributed by atoms with E-state index >= 15 is 0 Å². The first-order valence-electron chi connectivity index (χ1n) is 4.33. The van der Waals surface area contributed by atoms with E-state index in [4.69, 9.17) is 4.74 Å². The Bertz CT molecular complexity index is 143. The fourth-order valence-electron chi connectivity index (χ4n) is 0.963. The van der Waals surface area contributed by atoms with Crippen LogP contribution >= 0.6 is 0 Å². The molecular weight excluding hydrogens is 156 g/mol. The van der Waals surface area contributed by atoms with Crippen molar-refractivity contribution >= 4 is 12.3 Å². The van der Waals surface area contributed by atoms with E-state index in [9.17, 15) is 9.59 Å². The highest BCUT2D eigenvalue weighted by atomic mass is 16.5. The van der Waals surface area contributed by atoms with Crippen molar-refractivity contribution in [3.8, 4) is 0 Å². The van der Waals surface area contributed by atoms with E-state index in [1.165, 1.54) is 6.92 Å². The molecule has 0 saturated heterocycles. The molecule has 0 unspecified atom stereocenters. The topological polar surface area (TPSA) is 43.4 Å². The van der Waals surface area contributed by atoms with Crippen molar-refractivity contribution in [2.24, 2.45) is 0 Å². The summed E-state index contributed by atoms with van der Waals surface area (Å²) in [5, 5.41) is 0. The zero-order valence-electron chi connectivity index (χ0n) is 7.71. The van der Waals surface area contributed by atoms with Gasteiger partial charge in [0.1, 0.15) is 0 Å². The Morgan fingerprint density at radius 3 is 2.58 bits per heavy atom. The molecular formula is C9H16O3. The van der Waals surface area contributed by atoms with Gasteiger partial charge in [-0.2, -0.15) is 0 Å². The molecule has 0 N–H and O–H groups in total. The zero-order valence-corrected chi connectivity index (χ0v) is 7.71. The Kier molecular flexibility index (Phi) is 6.34. The summed E-state index contributed by atoms with van der Waals surface area (Å²) < 4.78 is 4.74. The van der Waals surface area contributed by atoms with E-state index in [1.807, 2.05) is 0 Å². The molecule has 0 fully saturated rings. The number of carbonyl (C=O) groups excluding carboxylic acids is 2. The van der Waals surface area contributed by atoms with Crippen LogP contribution < -0.4 is 0 Å². The van der Waals surface area contributed by atoms with Gasteiger partial charge in [-0.1, -0.05) is 19.8 Å². The van der Waals surface area contributed by atoms with Crippen LogP contribution in [0.2, 0.25) is 0 Å². The van der Waals surface area contributed by atoms with Crippen LogP contribution in [-0.2, 0) is 14.3 Å². The van der Waals surface area contributed by atoms with Crippen LogP contribution in [0.3, 0.4) is 0 Å². The van der Waals surface area contributed by atoms with Gasteiger partial charge in [-0.15, -0.1) is 0 Å². The van der Waals surface area contributed by atoms with E-state index in [0.29, 0.717) is 12.7 Å². The highest BCUT2D eigenvalue weighted by molar-refractivity contribution is 5.69. The smallest absolute Gasteiger partial charge is 0.303 e. The average Bonchev–Trinajstić information content (AvgIpc) is 2.02. The predicted molar refractivity (Wildman–Crippen MR) is 45.8 cm³/mol. The number of ether oxygens (including phenoxy) is 1. The van der Waals surface area contributed by atoms with Gasteiger partial charge in [0.2, 0.25) is 0 Å². The second kappa shape index (κ2) is 6.83. The number of unbranched alkanes of at least 4 members (excludes halogenated alkanes) is 2. The normalized spacial score (nSPS) is 12.2. The van der Waals surface area contributed by atoms with Crippen molar-refractivity contribution in [1.82, 2.24) is 0 Å². The summed E-state index contributed by atoms with van der Waals surface area (Å²) in [4.78, 5) is 20.8. The van der Waals surface area contributed by atoms with E-state index in [2.05, 4.69) is 6.92 Å². The number of esters is 1. The molecule has 1 atom stereocenters. The summed E-state index contributed by atoms with van der Waals surface area (Å²) >= 11 is 0. The quantitative estimate of drug-likeness (QED) is 0.348. The van der Waals surface area contributed by atoms with Crippen molar-refractivity contribution in [2.45, 2.75) is 45.6 Å². The third-order valence-electron chi connectivity index (χ3n) is 1.56. The summed E-state index contributed by atoms with van der Waals surface area (Å²) in [6, 6.07) is 0. The second-order valence-corrected chi connectivity index (χ2v) is 2.78. The Labute approximate surface area is 73.1 Å². The third kappa shape index (κ3) is 5.89. The molecule has 0 aliphatic rings. The standard InChI is InChI=1S/C9H16O3/c1-3-4-5-6-9(7-10)12-8(2)11/h7,9H,3-6H2,1-2H3/t9-/m0/s1. The molecule has 3 nitrogen and oxygen atoms in total. The highest BCUT2D eigenvalue weighted by Crippen LogP contribution is 2.04. The first-order chi connectivity index (χ1) is 5.70. The SMILES string of the molecule is CCCCC[C@@H](C=O)OC(C)=O. The number of hydrogen-bond donors (Lipinski definition) is 0. The fourth-order valence-corrected chi connectivity index (χ4v) is 0.963. The van der Waals surface area contributed by atoms with E-state index in [-0.39, 0.29) is 5.97 Å². The van der Waals surface area contributed by atoms with Crippen molar-refractivity contribution in [3.63, 3.8) is 0 Å². The first-order valence-corrected chi connectivity index (χ1v) is 4.33. The Balaban J connectivity index is 3.53. The lowest BCUT2D eigenvalue weighted by Crippen LogP contribution is -2.17. The lowest BCUT2D eigenvalue weighted by Gasteiger charge is -2.09. The minimum atomic E-state index is -0.533. The molecule has 0 amide bonds. The minimum absolute atomic E-state index is 0.386. The highest BCUT2D eigenvalue weighted by Gasteiger charge is 2.08. The zero-order chi connectivity index (χ0) is 9.40. The fraction of sp³-hybridized carbons (Fsp3) is 0.778. The predicted octanol–water partition coefficient (Wildman–Crippen LogP) is 1.70. The van der Waals surface area contributed by atoms with Crippen LogP contribution in [0.1, 0.15) is 39.5 Å². The van der Waals surface area contributed by atoms with Crippen LogP contribution in [-0.4, -0.2) is 18.4 Å². The molecule has 0 heterocycles. The number of rotatable bonds is 6. The van der Waals surface area contributed by atoms with Gasteiger partial charge in [0, 0.05) is 6.92 Å². The van der Waals surface area contributed by atoms with Gasteiger partial charge < -0.3 is 4.74 Å². The summed E-state index contributed by atoms with van der Waals surface area (Å²) in [5.74, 6) is -0.386. The molecule has 0 bridgehead atoms. The summed E-state index contributed by atoms with van der Waals surface area (Å²) in [7, 11) is 0. The molecule has 0 spiro atoms. The van der Waals surface area contributed by atoms with E-state index < -0.39 is 6.10 Å². The minimum Gasteiger partial charge on any atom is -0.455 e. The molecule has 12 heavy (non-hydrogen) atoms. The van der Waals surface area contributed by atoms with Gasteiger partial charge in [0.05, 0.1) is 0 Å². The number of carbonyl (C=O) groups is 2. The number of aldehydes is 1. The molecule has 0 aromatic heterocycles. The van der Waals surface area contributed by atoms with Crippen molar-refractivity contribution in [1.29, 1.82) is 0 Å². The Hall–Kier alpha value is -0.860. The molecule has 0 aliphatic carbocycles. The van der Waals surface area contributed by atoms with Crippen LogP contribution in [0.5, 0.6) is 0 Å². The van der Waals surface area contributed by atoms with Gasteiger partial charge in [0.15, 0.2) is 12.4 Å². The molecule has 0 aliphatic heterocycles. The van der Waals surface area contributed by atoms with Gasteiger partial charge in [-0.25, -0.2) is 0 Å². The van der Waals surface area contributed by atoms with Gasteiger partial charge in [-0.05, 0) is 12.8 Å². The summed E-state index contributed by atoms with van der Waals surface area (Å²) in [5.41, 5.74) is 0. The van der Waals surface area contributed by atoms with Gasteiger partial charge in [0.25, 0.3) is 0 Å². The third-order valence-corrected chi connectivity index (χ3v) is 1.56. The largest absolute Gasteiger partial charge is 0.455 e. The summed E-state index contributed by atoms with van der Waals surface area (Å²) in [6.07, 6.45) is 3.92. The van der Waals surface area contributed by atoms with Crippen LogP contribution in [0.25, 0.3) is 0 Å². The van der Waals surface area contributed by atoms with E-state index in [1.54, 1.807) is 0 Å². The Morgan fingerprint density at radius 1 is 1.50 bits per heavy atom. The van der Waals surface area contributed by atoms with Crippen molar-refractivity contribution in [3.05, 3.63) is 0 Å². The van der Waals surface area contributed by atoms with Crippen LogP contribution in [0.15, 0.2) is 0 Å². The molecule has 0 rings (SSSR count). The molecule has 0 aromatic carbocycles. The molecule has 70 valence electrons. The van der Waals surface area contributed by atoms with E-state index in [0.717, 1.165) is 19.3 Å². The molecule has 0 saturated carbocycles. The summed E-state index contributed by atoms with van der Waals surface area (Å²) in [6.45, 7) is 3.40. The van der Waals surface area contributed by atoms with Crippen molar-refractivity contribution < 1.29 is 14.3 Å². The molecule has 0 radical (unpaired) electrons. The molecule has 0 aromatic rings. The average molecular weight is 172 g/mol. The lowest BCUT2D eigenvalue weighted by atomic mass is 10.1. The maximum atomic E-state index is 10.5. The molecule has 3 heteroatoms. The van der Waals surface area contributed by atoms with Crippen molar-refractivity contribution in [2.75, 3.05) is 0 Å². The number of hydrogen-bond acceptors (Lipinski definition) is 3. The first kappa shape index (κ1) is 11.1. The van der Waals surface area contributed by atoms with Crippen LogP contribution in [0.4, 0.5) is 0 Å². The van der Waals surface area contributed by atoms with Gasteiger partial charge >= 0.3 is 5.97 Å². The maximum Gasteiger partial charge on any atom is 0.303 e. The van der Waals surface area contributed by atoms with Gasteiger partial charge in [-0.3, -0.25) is 9.59 Å². The monoisotopic (exact) mass is 172 g/mol. The second-order valence-electron chi connectivity index (χ2n) is 2.78.